The Morgan fingerprint density at radius 1 is 1.16 bits per heavy atom. The zero-order valence-electron chi connectivity index (χ0n) is 12.2. The van der Waals surface area contributed by atoms with Gasteiger partial charge in [-0.1, -0.05) is 24.3 Å². The van der Waals surface area contributed by atoms with E-state index in [-0.39, 0.29) is 0 Å². The molecule has 106 valence electrons. The number of hydrogen-bond donors (Lipinski definition) is 1. The van der Waals surface area contributed by atoms with Crippen LogP contribution in [0.4, 0.5) is 0 Å². The van der Waals surface area contributed by atoms with Gasteiger partial charge in [-0.2, -0.15) is 0 Å². The van der Waals surface area contributed by atoms with Gasteiger partial charge in [-0.3, -0.25) is 0 Å². The molecular formula is C16H26N2O. The molecule has 0 spiro atoms. The lowest BCUT2D eigenvalue weighted by Crippen LogP contribution is -2.37. The monoisotopic (exact) mass is 262 g/mol. The summed E-state index contributed by atoms with van der Waals surface area (Å²) in [6, 6.07) is 9.21. The van der Waals surface area contributed by atoms with Crippen LogP contribution in [0.25, 0.3) is 0 Å². The van der Waals surface area contributed by atoms with Crippen LogP contribution in [-0.2, 0) is 17.9 Å². The summed E-state index contributed by atoms with van der Waals surface area (Å²) in [5.74, 6) is 0. The third kappa shape index (κ3) is 4.94. The Morgan fingerprint density at radius 2 is 1.79 bits per heavy atom. The maximum absolute atomic E-state index is 5.12. The minimum absolute atomic E-state index is 0.553. The topological polar surface area (TPSA) is 24.5 Å². The van der Waals surface area contributed by atoms with E-state index in [4.69, 9.17) is 4.74 Å². The number of likely N-dealkylation sites (tertiary alicyclic amines) is 1. The smallest absolute Gasteiger partial charge is 0.0713 e. The van der Waals surface area contributed by atoms with E-state index in [0.29, 0.717) is 12.6 Å². The van der Waals surface area contributed by atoms with Gasteiger partial charge in [-0.05, 0) is 44.0 Å². The van der Waals surface area contributed by atoms with Gasteiger partial charge in [0, 0.05) is 26.2 Å². The summed E-state index contributed by atoms with van der Waals surface area (Å²) in [4.78, 5) is 2.55. The Balaban J connectivity index is 1.71. The molecule has 0 radical (unpaired) electrons. The Bertz CT molecular complexity index is 358. The molecule has 1 fully saturated rings. The van der Waals surface area contributed by atoms with E-state index >= 15 is 0 Å². The van der Waals surface area contributed by atoms with E-state index in [0.717, 1.165) is 6.54 Å². The van der Waals surface area contributed by atoms with Gasteiger partial charge < -0.3 is 15.0 Å². The lowest BCUT2D eigenvalue weighted by atomic mass is 10.1. The molecule has 1 aromatic carbocycles. The minimum Gasteiger partial charge on any atom is -0.380 e. The van der Waals surface area contributed by atoms with E-state index in [2.05, 4.69) is 41.4 Å². The molecule has 1 aliphatic heterocycles. The highest BCUT2D eigenvalue weighted by Gasteiger charge is 2.13. The molecule has 0 bridgehead atoms. The summed E-state index contributed by atoms with van der Waals surface area (Å²) >= 11 is 0. The third-order valence-corrected chi connectivity index (χ3v) is 3.72. The van der Waals surface area contributed by atoms with Gasteiger partial charge in [0.2, 0.25) is 0 Å². The molecule has 2 rings (SSSR count). The maximum atomic E-state index is 5.12. The zero-order valence-corrected chi connectivity index (χ0v) is 12.2. The highest BCUT2D eigenvalue weighted by atomic mass is 16.5. The first kappa shape index (κ1) is 14.5. The van der Waals surface area contributed by atoms with Crippen molar-refractivity contribution in [2.24, 2.45) is 0 Å². The Labute approximate surface area is 116 Å². The van der Waals surface area contributed by atoms with E-state index in [9.17, 15) is 0 Å². The SMILES string of the molecule is COCc1ccc(CNC(C)CN2CCCC2)cc1. The number of rotatable bonds is 7. The highest BCUT2D eigenvalue weighted by molar-refractivity contribution is 5.21. The molecule has 1 unspecified atom stereocenters. The molecule has 0 aromatic heterocycles. The molecule has 3 nitrogen and oxygen atoms in total. The summed E-state index contributed by atoms with van der Waals surface area (Å²) in [6.45, 7) is 7.64. The van der Waals surface area contributed by atoms with Crippen molar-refractivity contribution >= 4 is 0 Å². The van der Waals surface area contributed by atoms with Gasteiger partial charge in [0.25, 0.3) is 0 Å². The minimum atomic E-state index is 0.553. The van der Waals surface area contributed by atoms with Gasteiger partial charge in [0.05, 0.1) is 6.61 Å². The number of benzene rings is 1. The van der Waals surface area contributed by atoms with Crippen LogP contribution in [0.5, 0.6) is 0 Å². The fourth-order valence-electron chi connectivity index (χ4n) is 2.63. The molecule has 1 aliphatic rings. The van der Waals surface area contributed by atoms with E-state index < -0.39 is 0 Å². The maximum Gasteiger partial charge on any atom is 0.0713 e. The van der Waals surface area contributed by atoms with Crippen LogP contribution < -0.4 is 5.32 Å². The standard InChI is InChI=1S/C16H26N2O/c1-14(12-18-9-3-4-10-18)17-11-15-5-7-16(8-6-15)13-19-2/h5-8,14,17H,3-4,9-13H2,1-2H3. The van der Waals surface area contributed by atoms with Crippen molar-refractivity contribution in [3.05, 3.63) is 35.4 Å². The van der Waals surface area contributed by atoms with Crippen molar-refractivity contribution in [3.8, 4) is 0 Å². The number of hydrogen-bond acceptors (Lipinski definition) is 3. The fourth-order valence-corrected chi connectivity index (χ4v) is 2.63. The molecule has 19 heavy (non-hydrogen) atoms. The second-order valence-corrected chi connectivity index (χ2v) is 5.54. The predicted molar refractivity (Wildman–Crippen MR) is 79.1 cm³/mol. The van der Waals surface area contributed by atoms with Crippen LogP contribution in [-0.4, -0.2) is 37.7 Å². The zero-order chi connectivity index (χ0) is 13.5. The van der Waals surface area contributed by atoms with Crippen LogP contribution in [0.15, 0.2) is 24.3 Å². The molecule has 0 aliphatic carbocycles. The Hall–Kier alpha value is -0.900. The largest absolute Gasteiger partial charge is 0.380 e. The van der Waals surface area contributed by atoms with E-state index in [1.165, 1.54) is 43.6 Å². The van der Waals surface area contributed by atoms with Crippen LogP contribution in [0.2, 0.25) is 0 Å². The van der Waals surface area contributed by atoms with Crippen molar-refractivity contribution in [1.82, 2.24) is 10.2 Å². The van der Waals surface area contributed by atoms with Crippen molar-refractivity contribution in [2.75, 3.05) is 26.7 Å². The first-order valence-electron chi connectivity index (χ1n) is 7.30. The number of ether oxygens (including phenoxy) is 1. The van der Waals surface area contributed by atoms with Gasteiger partial charge in [0.15, 0.2) is 0 Å². The molecule has 0 amide bonds. The molecule has 1 atom stereocenters. The Morgan fingerprint density at radius 3 is 2.42 bits per heavy atom. The summed E-state index contributed by atoms with van der Waals surface area (Å²) in [6.07, 6.45) is 2.74. The van der Waals surface area contributed by atoms with Crippen LogP contribution in [0.3, 0.4) is 0 Å². The molecule has 1 N–H and O–H groups in total. The Kier molecular flexibility index (Phi) is 5.83. The van der Waals surface area contributed by atoms with Gasteiger partial charge >= 0.3 is 0 Å². The van der Waals surface area contributed by atoms with Crippen molar-refractivity contribution in [1.29, 1.82) is 0 Å². The van der Waals surface area contributed by atoms with Crippen molar-refractivity contribution in [3.63, 3.8) is 0 Å². The summed E-state index contributed by atoms with van der Waals surface area (Å²) in [5.41, 5.74) is 2.57. The normalized spacial score (nSPS) is 17.8. The summed E-state index contributed by atoms with van der Waals surface area (Å²) in [5, 5.41) is 3.60. The van der Waals surface area contributed by atoms with E-state index in [1.807, 2.05) is 0 Å². The molecular weight excluding hydrogens is 236 g/mol. The van der Waals surface area contributed by atoms with Gasteiger partial charge in [0.1, 0.15) is 0 Å². The number of nitrogens with zero attached hydrogens (tertiary/aromatic N) is 1. The van der Waals surface area contributed by atoms with Crippen LogP contribution in [0, 0.1) is 0 Å². The van der Waals surface area contributed by atoms with Crippen molar-refractivity contribution < 1.29 is 4.74 Å². The molecule has 3 heteroatoms. The first-order valence-corrected chi connectivity index (χ1v) is 7.30. The highest BCUT2D eigenvalue weighted by Crippen LogP contribution is 2.08. The summed E-state index contributed by atoms with van der Waals surface area (Å²) < 4.78 is 5.12. The number of nitrogens with one attached hydrogen (secondary N) is 1. The van der Waals surface area contributed by atoms with E-state index in [1.54, 1.807) is 7.11 Å². The summed E-state index contributed by atoms with van der Waals surface area (Å²) in [7, 11) is 1.73. The lowest BCUT2D eigenvalue weighted by Gasteiger charge is -2.21. The predicted octanol–water partition coefficient (Wildman–Crippen LogP) is 2.41. The quantitative estimate of drug-likeness (QED) is 0.816. The van der Waals surface area contributed by atoms with Gasteiger partial charge in [-0.15, -0.1) is 0 Å². The molecule has 1 aromatic rings. The molecule has 0 saturated carbocycles. The molecule has 1 saturated heterocycles. The molecule has 1 heterocycles. The first-order chi connectivity index (χ1) is 9.28. The van der Waals surface area contributed by atoms with Gasteiger partial charge in [-0.25, -0.2) is 0 Å². The fraction of sp³-hybridized carbons (Fsp3) is 0.625. The second kappa shape index (κ2) is 7.63. The average Bonchev–Trinajstić information content (AvgIpc) is 2.91. The van der Waals surface area contributed by atoms with Crippen LogP contribution in [0.1, 0.15) is 30.9 Å². The third-order valence-electron chi connectivity index (χ3n) is 3.72. The average molecular weight is 262 g/mol. The lowest BCUT2D eigenvalue weighted by molar-refractivity contribution is 0.185. The second-order valence-electron chi connectivity index (χ2n) is 5.54. The van der Waals surface area contributed by atoms with Crippen LogP contribution >= 0.6 is 0 Å². The van der Waals surface area contributed by atoms with Crippen molar-refractivity contribution in [2.45, 2.75) is 39.0 Å². The number of methoxy groups -OCH3 is 1.